The lowest BCUT2D eigenvalue weighted by molar-refractivity contribution is -0.127. The number of hydrazone groups is 1. The number of ether oxygens (including phenoxy) is 1. The van der Waals surface area contributed by atoms with Crippen LogP contribution >= 0.6 is 0 Å². The summed E-state index contributed by atoms with van der Waals surface area (Å²) in [6.45, 7) is 5.30. The second-order valence-corrected chi connectivity index (χ2v) is 3.61. The Kier molecular flexibility index (Phi) is 4.51. The van der Waals surface area contributed by atoms with Gasteiger partial charge >= 0.3 is 0 Å². The first-order chi connectivity index (χ1) is 7.59. The monoisotopic (exact) mass is 220 g/mol. The zero-order valence-electron chi connectivity index (χ0n) is 9.73. The van der Waals surface area contributed by atoms with Crippen molar-refractivity contribution in [2.75, 3.05) is 0 Å². The second kappa shape index (κ2) is 5.90. The van der Waals surface area contributed by atoms with E-state index < -0.39 is 6.10 Å². The number of amides is 1. The predicted octanol–water partition coefficient (Wildman–Crippen LogP) is 1.97. The van der Waals surface area contributed by atoms with Gasteiger partial charge in [-0.15, -0.1) is 0 Å². The smallest absolute Gasteiger partial charge is 0.280 e. The first-order valence-corrected chi connectivity index (χ1v) is 5.12. The molecule has 0 aliphatic rings. The van der Waals surface area contributed by atoms with Crippen LogP contribution in [0, 0.1) is 0 Å². The molecule has 16 heavy (non-hydrogen) atoms. The Morgan fingerprint density at radius 2 is 1.94 bits per heavy atom. The largest absolute Gasteiger partial charge is 0.481 e. The number of para-hydroxylation sites is 1. The number of rotatable bonds is 4. The molecular weight excluding hydrogens is 204 g/mol. The highest BCUT2D eigenvalue weighted by molar-refractivity contribution is 5.84. The lowest BCUT2D eigenvalue weighted by atomic mass is 10.3. The molecule has 0 spiro atoms. The molecule has 0 unspecified atom stereocenters. The summed E-state index contributed by atoms with van der Waals surface area (Å²) < 4.78 is 5.43. The van der Waals surface area contributed by atoms with E-state index in [0.29, 0.717) is 5.75 Å². The van der Waals surface area contributed by atoms with E-state index in [-0.39, 0.29) is 5.91 Å². The van der Waals surface area contributed by atoms with Gasteiger partial charge in [0.05, 0.1) is 0 Å². The van der Waals surface area contributed by atoms with Crippen molar-refractivity contribution in [1.82, 2.24) is 5.43 Å². The quantitative estimate of drug-likeness (QED) is 0.623. The Morgan fingerprint density at radius 1 is 1.31 bits per heavy atom. The summed E-state index contributed by atoms with van der Waals surface area (Å²) >= 11 is 0. The molecule has 0 saturated heterocycles. The van der Waals surface area contributed by atoms with Crippen LogP contribution in [0.3, 0.4) is 0 Å². The van der Waals surface area contributed by atoms with E-state index in [2.05, 4.69) is 10.5 Å². The van der Waals surface area contributed by atoms with Gasteiger partial charge in [0.1, 0.15) is 5.75 Å². The molecule has 0 bridgehead atoms. The van der Waals surface area contributed by atoms with Crippen molar-refractivity contribution in [3.05, 3.63) is 30.3 Å². The summed E-state index contributed by atoms with van der Waals surface area (Å²) in [5.74, 6) is 0.410. The second-order valence-electron chi connectivity index (χ2n) is 3.61. The Bertz CT molecular complexity index is 370. The third-order valence-corrected chi connectivity index (χ3v) is 1.81. The Balaban J connectivity index is 2.49. The van der Waals surface area contributed by atoms with Crippen LogP contribution in [-0.4, -0.2) is 17.7 Å². The molecule has 0 aromatic heterocycles. The zero-order valence-corrected chi connectivity index (χ0v) is 9.73. The molecule has 4 nitrogen and oxygen atoms in total. The average molecular weight is 220 g/mol. The van der Waals surface area contributed by atoms with Gasteiger partial charge in [0.15, 0.2) is 6.10 Å². The van der Waals surface area contributed by atoms with Gasteiger partial charge in [-0.25, -0.2) is 5.43 Å². The first kappa shape index (κ1) is 12.2. The fraction of sp³-hybridized carbons (Fsp3) is 0.333. The number of nitrogens with one attached hydrogen (secondary N) is 1. The molecule has 0 saturated carbocycles. The van der Waals surface area contributed by atoms with Crippen molar-refractivity contribution >= 4 is 11.6 Å². The maximum Gasteiger partial charge on any atom is 0.280 e. The van der Waals surface area contributed by atoms with Crippen LogP contribution in [0.25, 0.3) is 0 Å². The number of benzene rings is 1. The summed E-state index contributed by atoms with van der Waals surface area (Å²) in [7, 11) is 0. The van der Waals surface area contributed by atoms with E-state index >= 15 is 0 Å². The normalized spacial score (nSPS) is 11.4. The highest BCUT2D eigenvalue weighted by Crippen LogP contribution is 2.10. The van der Waals surface area contributed by atoms with Crippen LogP contribution in [0.1, 0.15) is 20.8 Å². The maximum atomic E-state index is 11.5. The molecule has 1 aromatic rings. The average Bonchev–Trinajstić information content (AvgIpc) is 2.27. The third kappa shape index (κ3) is 4.13. The summed E-state index contributed by atoms with van der Waals surface area (Å²) in [5, 5.41) is 3.82. The predicted molar refractivity (Wildman–Crippen MR) is 63.5 cm³/mol. The lowest BCUT2D eigenvalue weighted by Crippen LogP contribution is -2.33. The van der Waals surface area contributed by atoms with Gasteiger partial charge in [0.2, 0.25) is 0 Å². The van der Waals surface area contributed by atoms with E-state index in [1.165, 1.54) is 0 Å². The van der Waals surface area contributed by atoms with E-state index in [9.17, 15) is 4.79 Å². The van der Waals surface area contributed by atoms with Gasteiger partial charge < -0.3 is 4.74 Å². The Labute approximate surface area is 95.3 Å². The molecule has 86 valence electrons. The van der Waals surface area contributed by atoms with Crippen molar-refractivity contribution in [1.29, 1.82) is 0 Å². The van der Waals surface area contributed by atoms with Crippen molar-refractivity contribution in [3.8, 4) is 5.75 Å². The topological polar surface area (TPSA) is 50.7 Å². The lowest BCUT2D eigenvalue weighted by Gasteiger charge is -2.12. The SMILES string of the molecule is CC(C)=NNC(=O)[C@H](C)Oc1ccccc1. The number of hydrogen-bond donors (Lipinski definition) is 1. The van der Waals surface area contributed by atoms with Crippen molar-refractivity contribution in [3.63, 3.8) is 0 Å². The number of hydrogen-bond acceptors (Lipinski definition) is 3. The highest BCUT2D eigenvalue weighted by Gasteiger charge is 2.13. The zero-order chi connectivity index (χ0) is 12.0. The van der Waals surface area contributed by atoms with Gasteiger partial charge in [-0.2, -0.15) is 5.10 Å². The summed E-state index contributed by atoms with van der Waals surface area (Å²) in [5.41, 5.74) is 3.22. The minimum Gasteiger partial charge on any atom is -0.481 e. The number of nitrogens with zero attached hydrogens (tertiary/aromatic N) is 1. The van der Waals surface area contributed by atoms with Gasteiger partial charge in [-0.1, -0.05) is 18.2 Å². The van der Waals surface area contributed by atoms with Crippen molar-refractivity contribution < 1.29 is 9.53 Å². The van der Waals surface area contributed by atoms with Crippen LogP contribution in [0.15, 0.2) is 35.4 Å². The molecule has 1 atom stereocenters. The van der Waals surface area contributed by atoms with Crippen LogP contribution in [0.5, 0.6) is 5.75 Å². The highest BCUT2D eigenvalue weighted by atomic mass is 16.5. The van der Waals surface area contributed by atoms with Crippen LogP contribution in [0.2, 0.25) is 0 Å². The van der Waals surface area contributed by atoms with E-state index in [1.807, 2.05) is 32.0 Å². The van der Waals surface area contributed by atoms with E-state index in [4.69, 9.17) is 4.74 Å². The minimum absolute atomic E-state index is 0.259. The molecule has 0 aliphatic heterocycles. The first-order valence-electron chi connectivity index (χ1n) is 5.12. The van der Waals surface area contributed by atoms with E-state index in [0.717, 1.165) is 5.71 Å². The van der Waals surface area contributed by atoms with Gasteiger partial charge in [0, 0.05) is 5.71 Å². The third-order valence-electron chi connectivity index (χ3n) is 1.81. The summed E-state index contributed by atoms with van der Waals surface area (Å²) in [4.78, 5) is 11.5. The Hall–Kier alpha value is -1.84. The molecule has 1 rings (SSSR count). The molecule has 4 heteroatoms. The number of carbonyl (C=O) groups is 1. The van der Waals surface area contributed by atoms with Crippen LogP contribution < -0.4 is 10.2 Å². The van der Waals surface area contributed by atoms with Crippen molar-refractivity contribution in [2.45, 2.75) is 26.9 Å². The summed E-state index contributed by atoms with van der Waals surface area (Å²) in [6.07, 6.45) is -0.564. The molecule has 0 heterocycles. The van der Waals surface area contributed by atoms with Crippen molar-refractivity contribution in [2.24, 2.45) is 5.10 Å². The molecule has 0 radical (unpaired) electrons. The molecule has 0 aliphatic carbocycles. The minimum atomic E-state index is -0.564. The van der Waals surface area contributed by atoms with Gasteiger partial charge in [0.25, 0.3) is 5.91 Å². The standard InChI is InChI=1S/C12H16N2O2/c1-9(2)13-14-12(15)10(3)16-11-7-5-4-6-8-11/h4-8,10H,1-3H3,(H,14,15)/t10-/m0/s1. The van der Waals surface area contributed by atoms with Gasteiger partial charge in [-0.3, -0.25) is 4.79 Å². The van der Waals surface area contributed by atoms with Crippen LogP contribution in [0.4, 0.5) is 0 Å². The molecular formula is C12H16N2O2. The maximum absolute atomic E-state index is 11.5. The fourth-order valence-corrected chi connectivity index (χ4v) is 1.01. The fourth-order valence-electron chi connectivity index (χ4n) is 1.01. The number of carbonyl (C=O) groups excluding carboxylic acids is 1. The Morgan fingerprint density at radius 3 is 2.50 bits per heavy atom. The van der Waals surface area contributed by atoms with Crippen LogP contribution in [-0.2, 0) is 4.79 Å². The van der Waals surface area contributed by atoms with E-state index in [1.54, 1.807) is 19.1 Å². The molecule has 1 aromatic carbocycles. The van der Waals surface area contributed by atoms with Gasteiger partial charge in [-0.05, 0) is 32.9 Å². The summed E-state index contributed by atoms with van der Waals surface area (Å²) in [6, 6.07) is 9.21. The molecule has 1 amide bonds. The molecule has 0 fully saturated rings. The molecule has 1 N–H and O–H groups in total.